The van der Waals surface area contributed by atoms with E-state index in [1.54, 1.807) is 19.2 Å². The lowest BCUT2D eigenvalue weighted by Gasteiger charge is -2.37. The Morgan fingerprint density at radius 2 is 2.10 bits per heavy atom. The third kappa shape index (κ3) is 3.28. The van der Waals surface area contributed by atoms with Crippen molar-refractivity contribution >= 4 is 11.7 Å². The molecule has 1 aliphatic heterocycles. The van der Waals surface area contributed by atoms with Gasteiger partial charge >= 0.3 is 5.97 Å². The van der Waals surface area contributed by atoms with E-state index in [9.17, 15) is 4.79 Å². The summed E-state index contributed by atoms with van der Waals surface area (Å²) in [5.41, 5.74) is 7.38. The van der Waals surface area contributed by atoms with Crippen LogP contribution in [0.25, 0.3) is 0 Å². The van der Waals surface area contributed by atoms with Crippen LogP contribution < -0.4 is 15.4 Å². The van der Waals surface area contributed by atoms with Gasteiger partial charge in [0.05, 0.1) is 20.3 Å². The van der Waals surface area contributed by atoms with E-state index in [2.05, 4.69) is 4.90 Å². The van der Waals surface area contributed by atoms with Crippen LogP contribution in [0.2, 0.25) is 0 Å². The van der Waals surface area contributed by atoms with Crippen molar-refractivity contribution in [2.45, 2.75) is 18.6 Å². The molecule has 21 heavy (non-hydrogen) atoms. The van der Waals surface area contributed by atoms with Crippen molar-refractivity contribution in [2.24, 2.45) is 5.73 Å². The summed E-state index contributed by atoms with van der Waals surface area (Å²) in [6.07, 6.45) is 0.834. The highest BCUT2D eigenvalue weighted by atomic mass is 16.5. The average molecular weight is 294 g/mol. The summed E-state index contributed by atoms with van der Waals surface area (Å²) in [6, 6.07) is 5.53. The predicted molar refractivity (Wildman–Crippen MR) is 79.9 cm³/mol. The Kier molecular flexibility index (Phi) is 5.03. The largest absolute Gasteiger partial charge is 0.496 e. The predicted octanol–water partition coefficient (Wildman–Crippen LogP) is 1.03. The van der Waals surface area contributed by atoms with Gasteiger partial charge in [-0.15, -0.1) is 0 Å². The van der Waals surface area contributed by atoms with Gasteiger partial charge in [-0.25, -0.2) is 4.79 Å². The second-order valence-corrected chi connectivity index (χ2v) is 5.05. The zero-order valence-corrected chi connectivity index (χ0v) is 12.7. The van der Waals surface area contributed by atoms with Crippen LogP contribution in [0.3, 0.4) is 0 Å². The molecule has 2 rings (SSSR count). The maximum absolute atomic E-state index is 11.8. The van der Waals surface area contributed by atoms with Gasteiger partial charge < -0.3 is 24.8 Å². The minimum absolute atomic E-state index is 0.0116. The van der Waals surface area contributed by atoms with Crippen molar-refractivity contribution in [2.75, 3.05) is 39.3 Å². The second kappa shape index (κ2) is 6.78. The number of nitrogens with zero attached hydrogens (tertiary/aromatic N) is 1. The molecule has 1 saturated heterocycles. The van der Waals surface area contributed by atoms with Gasteiger partial charge in [0.2, 0.25) is 0 Å². The molecule has 0 bridgehead atoms. The fourth-order valence-corrected chi connectivity index (χ4v) is 2.58. The highest BCUT2D eigenvalue weighted by Gasteiger charge is 2.27. The number of piperidine rings is 1. The Labute approximate surface area is 124 Å². The fourth-order valence-electron chi connectivity index (χ4n) is 2.58. The lowest BCUT2D eigenvalue weighted by atomic mass is 10.0. The van der Waals surface area contributed by atoms with Gasteiger partial charge in [-0.1, -0.05) is 0 Å². The van der Waals surface area contributed by atoms with Crippen molar-refractivity contribution in [3.05, 3.63) is 23.8 Å². The van der Waals surface area contributed by atoms with Crippen molar-refractivity contribution < 1.29 is 19.0 Å². The van der Waals surface area contributed by atoms with Crippen LogP contribution in [0.5, 0.6) is 5.75 Å². The average Bonchev–Trinajstić information content (AvgIpc) is 2.54. The van der Waals surface area contributed by atoms with Crippen LogP contribution in [-0.4, -0.2) is 52.5 Å². The molecule has 116 valence electrons. The molecule has 0 amide bonds. The zero-order valence-electron chi connectivity index (χ0n) is 12.7. The van der Waals surface area contributed by atoms with Gasteiger partial charge in [-0.05, 0) is 24.6 Å². The molecule has 0 aliphatic carbocycles. The molecule has 6 nitrogen and oxygen atoms in total. The highest BCUT2D eigenvalue weighted by molar-refractivity contribution is 5.93. The molecule has 1 aromatic rings. The lowest BCUT2D eigenvalue weighted by Crippen LogP contribution is -2.51. The second-order valence-electron chi connectivity index (χ2n) is 5.05. The Morgan fingerprint density at radius 1 is 1.33 bits per heavy atom. The van der Waals surface area contributed by atoms with E-state index in [0.29, 0.717) is 17.9 Å². The minimum Gasteiger partial charge on any atom is -0.496 e. The Bertz CT molecular complexity index is 506. The number of benzene rings is 1. The van der Waals surface area contributed by atoms with E-state index in [1.807, 2.05) is 6.07 Å². The first kappa shape index (κ1) is 15.6. The number of carbonyl (C=O) groups excluding carboxylic acids is 1. The normalized spacial score (nSPS) is 22.0. The van der Waals surface area contributed by atoms with Crippen LogP contribution in [0.4, 0.5) is 5.69 Å². The molecule has 6 heteroatoms. The van der Waals surface area contributed by atoms with Crippen LogP contribution in [0.15, 0.2) is 18.2 Å². The fraction of sp³-hybridized carbons (Fsp3) is 0.533. The molecular weight excluding hydrogens is 272 g/mol. The SMILES string of the molecule is COC(=O)c1cc(N2CC[C@H](N)[C@H](OC)C2)ccc1OC. The molecule has 2 N–H and O–H groups in total. The standard InChI is InChI=1S/C15H22N2O4/c1-19-13-5-4-10(8-11(13)15(18)21-3)17-7-6-12(16)14(9-17)20-2/h4-5,8,12,14H,6-7,9,16H2,1-3H3/t12-,14+/m0/s1. The highest BCUT2D eigenvalue weighted by Crippen LogP contribution is 2.27. The lowest BCUT2D eigenvalue weighted by molar-refractivity contribution is 0.0597. The number of anilines is 1. The van der Waals surface area contributed by atoms with E-state index >= 15 is 0 Å². The summed E-state index contributed by atoms with van der Waals surface area (Å²) in [5, 5.41) is 0. The van der Waals surface area contributed by atoms with E-state index in [-0.39, 0.29) is 12.1 Å². The van der Waals surface area contributed by atoms with E-state index in [4.69, 9.17) is 19.9 Å². The third-order valence-corrected chi connectivity index (χ3v) is 3.87. The molecule has 1 aliphatic rings. The molecule has 0 saturated carbocycles. The van der Waals surface area contributed by atoms with Gasteiger partial charge in [0.15, 0.2) is 0 Å². The molecule has 2 atom stereocenters. The third-order valence-electron chi connectivity index (χ3n) is 3.87. The van der Waals surface area contributed by atoms with Crippen molar-refractivity contribution in [1.82, 2.24) is 0 Å². The van der Waals surface area contributed by atoms with Crippen LogP contribution in [0, 0.1) is 0 Å². The summed E-state index contributed by atoms with van der Waals surface area (Å²) in [7, 11) is 4.56. The topological polar surface area (TPSA) is 74.0 Å². The summed E-state index contributed by atoms with van der Waals surface area (Å²) < 4.78 is 15.4. The van der Waals surface area contributed by atoms with Gasteiger partial charge in [-0.3, -0.25) is 0 Å². The van der Waals surface area contributed by atoms with Gasteiger partial charge in [0.1, 0.15) is 11.3 Å². The Balaban J connectivity index is 2.26. The van der Waals surface area contributed by atoms with Crippen molar-refractivity contribution in [1.29, 1.82) is 0 Å². The van der Waals surface area contributed by atoms with E-state index in [0.717, 1.165) is 18.7 Å². The van der Waals surface area contributed by atoms with Crippen LogP contribution >= 0.6 is 0 Å². The maximum atomic E-state index is 11.8. The van der Waals surface area contributed by atoms with Gasteiger partial charge in [0, 0.05) is 31.9 Å². The van der Waals surface area contributed by atoms with E-state index < -0.39 is 5.97 Å². The summed E-state index contributed by atoms with van der Waals surface area (Å²) in [6.45, 7) is 1.53. The number of rotatable bonds is 4. The molecule has 0 aromatic heterocycles. The number of ether oxygens (including phenoxy) is 3. The smallest absolute Gasteiger partial charge is 0.341 e. The summed E-state index contributed by atoms with van der Waals surface area (Å²) in [4.78, 5) is 14.0. The number of carbonyl (C=O) groups is 1. The Morgan fingerprint density at radius 3 is 2.71 bits per heavy atom. The first-order valence-electron chi connectivity index (χ1n) is 6.90. The maximum Gasteiger partial charge on any atom is 0.341 e. The summed E-state index contributed by atoms with van der Waals surface area (Å²) >= 11 is 0. The van der Waals surface area contributed by atoms with Gasteiger partial charge in [-0.2, -0.15) is 0 Å². The quantitative estimate of drug-likeness (QED) is 0.836. The van der Waals surface area contributed by atoms with E-state index in [1.165, 1.54) is 14.2 Å². The number of nitrogens with two attached hydrogens (primary N) is 1. The minimum atomic E-state index is -0.411. The molecular formula is C15H22N2O4. The molecule has 0 spiro atoms. The number of hydrogen-bond donors (Lipinski definition) is 1. The van der Waals surface area contributed by atoms with Crippen LogP contribution in [-0.2, 0) is 9.47 Å². The van der Waals surface area contributed by atoms with Crippen molar-refractivity contribution in [3.63, 3.8) is 0 Å². The van der Waals surface area contributed by atoms with Gasteiger partial charge in [0.25, 0.3) is 0 Å². The molecule has 1 heterocycles. The number of methoxy groups -OCH3 is 3. The summed E-state index contributed by atoms with van der Waals surface area (Å²) in [5.74, 6) is 0.0910. The molecule has 1 fully saturated rings. The first-order chi connectivity index (χ1) is 10.1. The monoisotopic (exact) mass is 294 g/mol. The van der Waals surface area contributed by atoms with Crippen molar-refractivity contribution in [3.8, 4) is 5.75 Å². The number of esters is 1. The molecule has 0 radical (unpaired) electrons. The molecule has 1 aromatic carbocycles. The van der Waals surface area contributed by atoms with Crippen LogP contribution in [0.1, 0.15) is 16.8 Å². The number of hydrogen-bond acceptors (Lipinski definition) is 6. The first-order valence-corrected chi connectivity index (χ1v) is 6.90. The Hall–Kier alpha value is -1.79. The molecule has 0 unspecified atom stereocenters. The zero-order chi connectivity index (χ0) is 15.4.